The zero-order valence-corrected chi connectivity index (χ0v) is 12.6. The van der Waals surface area contributed by atoms with Gasteiger partial charge in [-0.25, -0.2) is 13.1 Å². The molecule has 0 saturated carbocycles. The Labute approximate surface area is 123 Å². The lowest BCUT2D eigenvalue weighted by molar-refractivity contribution is 0.288. The van der Waals surface area contributed by atoms with Crippen molar-refractivity contribution in [1.82, 2.24) is 4.72 Å². The number of aliphatic hydroxyl groups is 1. The summed E-state index contributed by atoms with van der Waals surface area (Å²) in [7, 11) is -3.47. The molecule has 2 rings (SSSR count). The molecule has 2 aromatic rings. The lowest BCUT2D eigenvalue weighted by Gasteiger charge is -2.07. The normalized spacial score (nSPS) is 11.7. The molecule has 108 valence electrons. The lowest BCUT2D eigenvalue weighted by Crippen LogP contribution is -2.22. The summed E-state index contributed by atoms with van der Waals surface area (Å²) in [4.78, 5) is 1.25. The van der Waals surface area contributed by atoms with Crippen LogP contribution >= 0.6 is 11.3 Å². The quantitative estimate of drug-likeness (QED) is 0.823. The van der Waals surface area contributed by atoms with E-state index < -0.39 is 10.0 Å². The molecule has 1 aromatic carbocycles. The van der Waals surface area contributed by atoms with Crippen LogP contribution in [0.2, 0.25) is 0 Å². The van der Waals surface area contributed by atoms with E-state index >= 15 is 0 Å². The molecule has 2 N–H and O–H groups in total. The van der Waals surface area contributed by atoms with Crippen molar-refractivity contribution in [1.29, 1.82) is 0 Å². The van der Waals surface area contributed by atoms with Crippen LogP contribution in [-0.2, 0) is 23.0 Å². The smallest absolute Gasteiger partial charge is 0.240 e. The summed E-state index contributed by atoms with van der Waals surface area (Å²) in [5.74, 6) is 0. The van der Waals surface area contributed by atoms with Crippen LogP contribution in [0.1, 0.15) is 16.9 Å². The minimum atomic E-state index is -3.47. The maximum atomic E-state index is 12.1. The molecule has 0 radical (unpaired) electrons. The van der Waals surface area contributed by atoms with Crippen molar-refractivity contribution < 1.29 is 13.5 Å². The first kappa shape index (κ1) is 15.2. The minimum Gasteiger partial charge on any atom is -0.396 e. The molecule has 0 aliphatic rings. The number of rotatable bonds is 7. The van der Waals surface area contributed by atoms with Gasteiger partial charge in [0, 0.05) is 18.0 Å². The predicted molar refractivity (Wildman–Crippen MR) is 80.2 cm³/mol. The molecule has 0 saturated heterocycles. The van der Waals surface area contributed by atoms with Crippen LogP contribution in [-0.4, -0.2) is 20.1 Å². The Balaban J connectivity index is 2.01. The lowest BCUT2D eigenvalue weighted by atomic mass is 10.1. The third kappa shape index (κ3) is 4.14. The van der Waals surface area contributed by atoms with Crippen molar-refractivity contribution in [2.75, 3.05) is 6.61 Å². The van der Waals surface area contributed by atoms with Gasteiger partial charge in [0.1, 0.15) is 0 Å². The zero-order chi connectivity index (χ0) is 14.4. The van der Waals surface area contributed by atoms with Crippen LogP contribution < -0.4 is 4.72 Å². The van der Waals surface area contributed by atoms with Gasteiger partial charge in [-0.1, -0.05) is 18.2 Å². The molecule has 1 aromatic heterocycles. The number of sulfonamides is 1. The van der Waals surface area contributed by atoms with E-state index in [1.807, 2.05) is 17.5 Å². The van der Waals surface area contributed by atoms with Gasteiger partial charge in [0.05, 0.1) is 4.90 Å². The van der Waals surface area contributed by atoms with Crippen molar-refractivity contribution in [3.05, 3.63) is 52.2 Å². The average Bonchev–Trinajstić information content (AvgIpc) is 2.97. The second kappa shape index (κ2) is 6.99. The molecule has 0 fully saturated rings. The molecule has 0 bridgehead atoms. The van der Waals surface area contributed by atoms with E-state index in [1.54, 1.807) is 24.3 Å². The highest BCUT2D eigenvalue weighted by atomic mass is 32.2. The number of benzene rings is 1. The van der Waals surface area contributed by atoms with Crippen molar-refractivity contribution in [2.45, 2.75) is 24.3 Å². The molecule has 0 amide bonds. The monoisotopic (exact) mass is 311 g/mol. The van der Waals surface area contributed by atoms with Crippen LogP contribution in [0.5, 0.6) is 0 Å². The van der Waals surface area contributed by atoms with E-state index in [-0.39, 0.29) is 11.5 Å². The van der Waals surface area contributed by atoms with Crippen molar-refractivity contribution in [2.24, 2.45) is 0 Å². The number of nitrogens with one attached hydrogen (secondary N) is 1. The van der Waals surface area contributed by atoms with Gasteiger partial charge in [-0.15, -0.1) is 11.3 Å². The second-order valence-electron chi connectivity index (χ2n) is 4.38. The predicted octanol–water partition coefficient (Wildman–Crippen LogP) is 2.15. The maximum absolute atomic E-state index is 12.1. The molecule has 4 nitrogen and oxygen atoms in total. The van der Waals surface area contributed by atoms with Crippen LogP contribution in [0.15, 0.2) is 46.7 Å². The van der Waals surface area contributed by atoms with E-state index in [0.29, 0.717) is 13.0 Å². The molecule has 0 aliphatic heterocycles. The first-order valence-corrected chi connectivity index (χ1v) is 8.70. The fraction of sp³-hybridized carbons (Fsp3) is 0.286. The highest BCUT2D eigenvalue weighted by Crippen LogP contribution is 2.14. The van der Waals surface area contributed by atoms with Gasteiger partial charge in [0.25, 0.3) is 0 Å². The van der Waals surface area contributed by atoms with Crippen LogP contribution in [0.25, 0.3) is 0 Å². The first-order chi connectivity index (χ1) is 9.62. The summed E-state index contributed by atoms with van der Waals surface area (Å²) in [6.07, 6.45) is 1.43. The highest BCUT2D eigenvalue weighted by molar-refractivity contribution is 7.89. The van der Waals surface area contributed by atoms with E-state index in [2.05, 4.69) is 4.72 Å². The Kier molecular flexibility index (Phi) is 5.31. The largest absolute Gasteiger partial charge is 0.396 e. The third-order valence-electron chi connectivity index (χ3n) is 2.87. The summed E-state index contributed by atoms with van der Waals surface area (Å²) in [6, 6.07) is 10.6. The Bertz CT molecular complexity index is 619. The first-order valence-electron chi connectivity index (χ1n) is 6.34. The molecule has 0 unspecified atom stereocenters. The van der Waals surface area contributed by atoms with Crippen LogP contribution in [0.4, 0.5) is 0 Å². The van der Waals surface area contributed by atoms with E-state index in [0.717, 1.165) is 16.9 Å². The maximum Gasteiger partial charge on any atom is 0.240 e. The molecule has 20 heavy (non-hydrogen) atoms. The molecule has 0 atom stereocenters. The SMILES string of the molecule is O=S(=O)(NCc1cccs1)c1ccc(CCCO)cc1. The number of thiophene rings is 1. The fourth-order valence-electron chi connectivity index (χ4n) is 1.78. The van der Waals surface area contributed by atoms with Crippen molar-refractivity contribution >= 4 is 21.4 Å². The van der Waals surface area contributed by atoms with E-state index in [9.17, 15) is 8.42 Å². The van der Waals surface area contributed by atoms with E-state index in [1.165, 1.54) is 11.3 Å². The highest BCUT2D eigenvalue weighted by Gasteiger charge is 2.13. The van der Waals surface area contributed by atoms with Crippen molar-refractivity contribution in [3.8, 4) is 0 Å². The fourth-order valence-corrected chi connectivity index (χ4v) is 3.52. The Morgan fingerprint density at radius 3 is 2.50 bits per heavy atom. The zero-order valence-electron chi connectivity index (χ0n) is 11.0. The molecular formula is C14H17NO3S2. The average molecular weight is 311 g/mol. The summed E-state index contributed by atoms with van der Waals surface area (Å²) >= 11 is 1.52. The Hall–Kier alpha value is -1.21. The summed E-state index contributed by atoms with van der Waals surface area (Å²) in [6.45, 7) is 0.453. The molecule has 0 aliphatic carbocycles. The minimum absolute atomic E-state index is 0.141. The van der Waals surface area contributed by atoms with Gasteiger partial charge < -0.3 is 5.11 Å². The van der Waals surface area contributed by atoms with Crippen molar-refractivity contribution in [3.63, 3.8) is 0 Å². The van der Waals surface area contributed by atoms with Crippen LogP contribution in [0.3, 0.4) is 0 Å². The Morgan fingerprint density at radius 2 is 1.90 bits per heavy atom. The topological polar surface area (TPSA) is 66.4 Å². The van der Waals surface area contributed by atoms with Gasteiger partial charge in [0.2, 0.25) is 10.0 Å². The van der Waals surface area contributed by atoms with Gasteiger partial charge >= 0.3 is 0 Å². The van der Waals surface area contributed by atoms with Crippen LogP contribution in [0, 0.1) is 0 Å². The number of hydrogen-bond acceptors (Lipinski definition) is 4. The molecule has 0 spiro atoms. The van der Waals surface area contributed by atoms with Gasteiger partial charge in [0.15, 0.2) is 0 Å². The number of hydrogen-bond donors (Lipinski definition) is 2. The number of aryl methyl sites for hydroxylation is 1. The molecule has 1 heterocycles. The summed E-state index contributed by atoms with van der Waals surface area (Å²) < 4.78 is 26.8. The van der Waals surface area contributed by atoms with Gasteiger partial charge in [-0.2, -0.15) is 0 Å². The molecule has 6 heteroatoms. The van der Waals surface area contributed by atoms with Gasteiger partial charge in [-0.3, -0.25) is 0 Å². The van der Waals surface area contributed by atoms with Gasteiger partial charge in [-0.05, 0) is 42.0 Å². The Morgan fingerprint density at radius 1 is 1.15 bits per heavy atom. The number of aliphatic hydroxyl groups excluding tert-OH is 1. The molecular weight excluding hydrogens is 294 g/mol. The summed E-state index contributed by atoms with van der Waals surface area (Å²) in [5.41, 5.74) is 1.02. The summed E-state index contributed by atoms with van der Waals surface area (Å²) in [5, 5.41) is 10.7. The second-order valence-corrected chi connectivity index (χ2v) is 7.17. The standard InChI is InChI=1S/C14H17NO3S2/c16-9-1-3-12-5-7-14(8-6-12)20(17,18)15-11-13-4-2-10-19-13/h2,4-8,10,15-16H,1,3,9,11H2. The van der Waals surface area contributed by atoms with E-state index in [4.69, 9.17) is 5.11 Å². The third-order valence-corrected chi connectivity index (χ3v) is 5.17.